The van der Waals surface area contributed by atoms with E-state index in [1.807, 2.05) is 0 Å². The summed E-state index contributed by atoms with van der Waals surface area (Å²) >= 11 is 6.26. The van der Waals surface area contributed by atoms with Gasteiger partial charge in [-0.3, -0.25) is 0 Å². The Hall–Kier alpha value is -1.94. The lowest BCUT2D eigenvalue weighted by Gasteiger charge is -2.55. The summed E-state index contributed by atoms with van der Waals surface area (Å²) in [5.41, 5.74) is 1.40. The molecule has 0 aromatic heterocycles. The predicted octanol–water partition coefficient (Wildman–Crippen LogP) is 5.30. The largest absolute Gasteiger partial charge is 0.391 e. The first kappa shape index (κ1) is 18.4. The molecule has 144 valence electrons. The van der Waals surface area contributed by atoms with Crippen molar-refractivity contribution in [2.45, 2.75) is 56.3 Å². The summed E-state index contributed by atoms with van der Waals surface area (Å²) in [7, 11) is 0. The molecule has 8 heteroatoms. The number of hydrogen-bond acceptors (Lipinski definition) is 2. The van der Waals surface area contributed by atoms with E-state index in [2.05, 4.69) is 11.4 Å². The first-order valence-electron chi connectivity index (χ1n) is 9.13. The number of likely N-dealkylation sites (tertiary alicyclic amines) is 1. The number of halogens is 4. The van der Waals surface area contributed by atoms with Gasteiger partial charge in [-0.25, -0.2) is 4.79 Å². The van der Waals surface area contributed by atoms with Gasteiger partial charge in [0.05, 0.1) is 17.9 Å². The van der Waals surface area contributed by atoms with E-state index in [4.69, 9.17) is 16.9 Å². The van der Waals surface area contributed by atoms with Crippen molar-refractivity contribution in [1.82, 2.24) is 4.90 Å². The highest BCUT2D eigenvalue weighted by Crippen LogP contribution is 2.48. The van der Waals surface area contributed by atoms with Crippen LogP contribution in [0.2, 0.25) is 5.02 Å². The molecule has 2 saturated carbocycles. The van der Waals surface area contributed by atoms with Gasteiger partial charge >= 0.3 is 12.2 Å². The van der Waals surface area contributed by atoms with E-state index in [0.29, 0.717) is 17.1 Å². The van der Waals surface area contributed by atoms with Gasteiger partial charge in [0.15, 0.2) is 0 Å². The first-order valence-corrected chi connectivity index (χ1v) is 9.51. The van der Waals surface area contributed by atoms with E-state index in [1.54, 1.807) is 18.2 Å². The molecular formula is C19H19ClF3N3O. The van der Waals surface area contributed by atoms with E-state index in [9.17, 15) is 18.0 Å². The molecule has 2 aliphatic carbocycles. The number of carbonyl (C=O) groups is 1. The van der Waals surface area contributed by atoms with Gasteiger partial charge in [0.1, 0.15) is 0 Å². The Labute approximate surface area is 160 Å². The average molecular weight is 398 g/mol. The molecule has 3 aliphatic rings. The Morgan fingerprint density at radius 1 is 1.22 bits per heavy atom. The van der Waals surface area contributed by atoms with Crippen LogP contribution in [-0.4, -0.2) is 29.2 Å². The topological polar surface area (TPSA) is 56.1 Å². The van der Waals surface area contributed by atoms with Gasteiger partial charge in [0, 0.05) is 28.7 Å². The van der Waals surface area contributed by atoms with Gasteiger partial charge in [0.25, 0.3) is 0 Å². The molecule has 27 heavy (non-hydrogen) atoms. The maximum atomic E-state index is 12.9. The van der Waals surface area contributed by atoms with Crippen molar-refractivity contribution in [3.63, 3.8) is 0 Å². The smallest absolute Gasteiger partial charge is 0.318 e. The third-order valence-corrected chi connectivity index (χ3v) is 6.57. The zero-order valence-electron chi connectivity index (χ0n) is 14.5. The minimum absolute atomic E-state index is 0.0226. The van der Waals surface area contributed by atoms with Crippen LogP contribution in [-0.2, 0) is 0 Å². The number of nitriles is 1. The molecule has 0 radical (unpaired) electrons. The molecule has 1 saturated heterocycles. The van der Waals surface area contributed by atoms with Crippen LogP contribution in [0.25, 0.3) is 0 Å². The van der Waals surface area contributed by atoms with Crippen LogP contribution in [0.1, 0.15) is 43.6 Å². The Morgan fingerprint density at radius 3 is 2.48 bits per heavy atom. The number of urea groups is 1. The SMILES string of the molecule is N#C[C@@H]1CC[C@H]1c1cc(NC(=O)N2C3CC2CC(C(F)(F)F)C3)ccc1Cl. The lowest BCUT2D eigenvalue weighted by atomic mass is 9.71. The second-order valence-corrected chi connectivity index (χ2v) is 8.15. The fourth-order valence-corrected chi connectivity index (χ4v) is 4.85. The van der Waals surface area contributed by atoms with Crippen LogP contribution in [0.3, 0.4) is 0 Å². The number of nitrogens with zero attached hydrogens (tertiary/aromatic N) is 2. The fourth-order valence-electron chi connectivity index (χ4n) is 4.59. The zero-order valence-corrected chi connectivity index (χ0v) is 15.2. The van der Waals surface area contributed by atoms with Crippen molar-refractivity contribution in [3.8, 4) is 6.07 Å². The van der Waals surface area contributed by atoms with Crippen molar-refractivity contribution in [2.24, 2.45) is 11.8 Å². The maximum Gasteiger partial charge on any atom is 0.391 e. The Bertz CT molecular complexity index is 794. The predicted molar refractivity (Wildman–Crippen MR) is 94.4 cm³/mol. The zero-order chi connectivity index (χ0) is 19.3. The summed E-state index contributed by atoms with van der Waals surface area (Å²) < 4.78 is 38.7. The number of benzene rings is 1. The van der Waals surface area contributed by atoms with Crippen LogP contribution < -0.4 is 5.32 Å². The summed E-state index contributed by atoms with van der Waals surface area (Å²) in [6.07, 6.45) is -1.88. The van der Waals surface area contributed by atoms with Gasteiger partial charge in [-0.1, -0.05) is 11.6 Å². The summed E-state index contributed by atoms with van der Waals surface area (Å²) in [4.78, 5) is 14.1. The molecule has 2 bridgehead atoms. The molecule has 2 amide bonds. The molecule has 1 heterocycles. The Balaban J connectivity index is 1.43. The van der Waals surface area contributed by atoms with Crippen LogP contribution in [0.5, 0.6) is 0 Å². The van der Waals surface area contributed by atoms with Gasteiger partial charge in [-0.15, -0.1) is 0 Å². The number of anilines is 1. The lowest BCUT2D eigenvalue weighted by molar-refractivity contribution is -0.205. The number of alkyl halides is 3. The Kier molecular flexibility index (Phi) is 4.50. The minimum Gasteiger partial charge on any atom is -0.318 e. The number of carbonyl (C=O) groups excluding carboxylic acids is 1. The van der Waals surface area contributed by atoms with Crippen molar-refractivity contribution >= 4 is 23.3 Å². The molecule has 1 aromatic rings. The molecule has 4 rings (SSSR count). The summed E-state index contributed by atoms with van der Waals surface area (Å²) in [6, 6.07) is 6.35. The fraction of sp³-hybridized carbons (Fsp3) is 0.579. The first-order chi connectivity index (χ1) is 12.8. The van der Waals surface area contributed by atoms with Gasteiger partial charge < -0.3 is 10.2 Å². The molecule has 4 atom stereocenters. The van der Waals surface area contributed by atoms with Crippen molar-refractivity contribution in [3.05, 3.63) is 28.8 Å². The van der Waals surface area contributed by atoms with Gasteiger partial charge in [-0.2, -0.15) is 18.4 Å². The monoisotopic (exact) mass is 397 g/mol. The van der Waals surface area contributed by atoms with Crippen molar-refractivity contribution < 1.29 is 18.0 Å². The second kappa shape index (κ2) is 6.59. The molecule has 4 nitrogen and oxygen atoms in total. The van der Waals surface area contributed by atoms with Crippen LogP contribution in [0, 0.1) is 23.2 Å². The number of amides is 2. The average Bonchev–Trinajstić information content (AvgIpc) is 2.56. The van der Waals surface area contributed by atoms with Gasteiger partial charge in [0.2, 0.25) is 0 Å². The molecule has 1 N–H and O–H groups in total. The number of hydrogen-bond donors (Lipinski definition) is 1. The van der Waals surface area contributed by atoms with E-state index in [1.165, 1.54) is 4.90 Å². The van der Waals surface area contributed by atoms with E-state index in [0.717, 1.165) is 18.4 Å². The van der Waals surface area contributed by atoms with E-state index >= 15 is 0 Å². The summed E-state index contributed by atoms with van der Waals surface area (Å²) in [5.74, 6) is -1.31. The van der Waals surface area contributed by atoms with Crippen LogP contribution in [0.4, 0.5) is 23.7 Å². The number of fused-ring (bicyclic) bond motifs is 2. The highest BCUT2D eigenvalue weighted by atomic mass is 35.5. The quantitative estimate of drug-likeness (QED) is 0.735. The third-order valence-electron chi connectivity index (χ3n) is 6.23. The van der Waals surface area contributed by atoms with Crippen molar-refractivity contribution in [2.75, 3.05) is 5.32 Å². The standard InChI is InChI=1S/C19H19ClF3N3O/c20-17-4-2-12(7-16(17)15-3-1-10(15)9-24)25-18(27)26-13-5-11(19(21,22)23)6-14(26)8-13/h2,4,7,10-11,13-15H,1,3,5-6,8H2,(H,25,27)/t10-,11?,13?,14?,15+/m0/s1. The minimum atomic E-state index is -4.19. The van der Waals surface area contributed by atoms with Gasteiger partial charge in [-0.05, 0) is 55.9 Å². The highest BCUT2D eigenvalue weighted by Gasteiger charge is 2.54. The number of rotatable bonds is 2. The molecule has 3 fully saturated rings. The lowest BCUT2D eigenvalue weighted by Crippen LogP contribution is -2.65. The maximum absolute atomic E-state index is 12.9. The molecule has 1 aromatic carbocycles. The highest BCUT2D eigenvalue weighted by molar-refractivity contribution is 6.31. The normalized spacial score (nSPS) is 32.1. The summed E-state index contributed by atoms with van der Waals surface area (Å²) in [5, 5.41) is 12.5. The van der Waals surface area contributed by atoms with E-state index in [-0.39, 0.29) is 42.8 Å². The molecule has 1 aliphatic heterocycles. The molecular weight excluding hydrogens is 379 g/mol. The van der Waals surface area contributed by atoms with E-state index < -0.39 is 12.1 Å². The van der Waals surface area contributed by atoms with Crippen LogP contribution >= 0.6 is 11.6 Å². The number of piperidine rings is 1. The number of nitrogens with one attached hydrogen (secondary N) is 1. The summed E-state index contributed by atoms with van der Waals surface area (Å²) in [6.45, 7) is 0. The third kappa shape index (κ3) is 3.25. The second-order valence-electron chi connectivity index (χ2n) is 7.75. The molecule has 0 spiro atoms. The van der Waals surface area contributed by atoms with Crippen LogP contribution in [0.15, 0.2) is 18.2 Å². The van der Waals surface area contributed by atoms with Crippen molar-refractivity contribution in [1.29, 1.82) is 5.26 Å². The molecule has 2 unspecified atom stereocenters. The Morgan fingerprint density at radius 2 is 1.93 bits per heavy atom.